The molecule has 0 unspecified atom stereocenters. The smallest absolute Gasteiger partial charge is 0.256 e. The van der Waals surface area contributed by atoms with Crippen molar-refractivity contribution in [3.8, 4) is 0 Å². The predicted octanol–water partition coefficient (Wildman–Crippen LogP) is 3.65. The largest absolute Gasteiger partial charge is 0.373 e. The zero-order valence-electron chi connectivity index (χ0n) is 13.0. The topological polar surface area (TPSA) is 29.5 Å². The van der Waals surface area contributed by atoms with Gasteiger partial charge in [0.25, 0.3) is 5.91 Å². The van der Waals surface area contributed by atoms with E-state index in [0.717, 1.165) is 18.4 Å². The molecule has 4 heteroatoms. The molecule has 1 heterocycles. The number of nitrogens with zero attached hydrogens (tertiary/aromatic N) is 1. The van der Waals surface area contributed by atoms with Crippen molar-refractivity contribution in [2.24, 2.45) is 0 Å². The molecular weight excluding hydrogens is 293 g/mol. The summed E-state index contributed by atoms with van der Waals surface area (Å²) in [7, 11) is 0. The van der Waals surface area contributed by atoms with Gasteiger partial charge in [0.1, 0.15) is 5.82 Å². The average molecular weight is 313 g/mol. The first-order valence-electron chi connectivity index (χ1n) is 7.93. The highest BCUT2D eigenvalue weighted by Crippen LogP contribution is 2.19. The van der Waals surface area contributed by atoms with Crippen LogP contribution < -0.4 is 0 Å². The molecule has 0 aliphatic carbocycles. The molecule has 1 fully saturated rings. The fourth-order valence-electron chi connectivity index (χ4n) is 2.82. The summed E-state index contributed by atoms with van der Waals surface area (Å²) >= 11 is 0. The lowest BCUT2D eigenvalue weighted by atomic mass is 10.1. The number of ether oxygens (including phenoxy) is 1. The minimum absolute atomic E-state index is 0.149. The third-order valence-electron chi connectivity index (χ3n) is 4.16. The van der Waals surface area contributed by atoms with Gasteiger partial charge in [0.2, 0.25) is 0 Å². The molecule has 2 aromatic rings. The van der Waals surface area contributed by atoms with E-state index in [-0.39, 0.29) is 17.6 Å². The Morgan fingerprint density at radius 2 is 1.70 bits per heavy atom. The number of benzene rings is 2. The molecular formula is C19H20FNO2. The number of hydrogen-bond donors (Lipinski definition) is 0. The number of carbonyl (C=O) groups excluding carboxylic acids is 1. The molecule has 3 nitrogen and oxygen atoms in total. The van der Waals surface area contributed by atoms with E-state index in [1.54, 1.807) is 17.0 Å². The van der Waals surface area contributed by atoms with Crippen molar-refractivity contribution in [2.45, 2.75) is 25.6 Å². The highest BCUT2D eigenvalue weighted by Gasteiger charge is 2.25. The summed E-state index contributed by atoms with van der Waals surface area (Å²) in [6, 6.07) is 16.2. The lowest BCUT2D eigenvalue weighted by Crippen LogP contribution is -2.41. The van der Waals surface area contributed by atoms with E-state index in [0.29, 0.717) is 19.7 Å². The Labute approximate surface area is 135 Å². The van der Waals surface area contributed by atoms with Crippen LogP contribution in [0.3, 0.4) is 0 Å². The lowest BCUT2D eigenvalue weighted by molar-refractivity contribution is -0.000468. The first-order valence-corrected chi connectivity index (χ1v) is 7.93. The minimum atomic E-state index is -0.458. The summed E-state index contributed by atoms with van der Waals surface area (Å²) < 4.78 is 19.6. The van der Waals surface area contributed by atoms with Crippen molar-refractivity contribution in [2.75, 3.05) is 13.1 Å². The van der Waals surface area contributed by atoms with Crippen LogP contribution >= 0.6 is 0 Å². The molecule has 1 aliphatic heterocycles. The van der Waals surface area contributed by atoms with Gasteiger partial charge in [-0.15, -0.1) is 0 Å². The maximum absolute atomic E-state index is 13.7. The summed E-state index contributed by atoms with van der Waals surface area (Å²) in [5.41, 5.74) is 1.30. The molecule has 23 heavy (non-hydrogen) atoms. The van der Waals surface area contributed by atoms with Crippen LogP contribution in [0.25, 0.3) is 0 Å². The fourth-order valence-corrected chi connectivity index (χ4v) is 2.82. The number of likely N-dealkylation sites (tertiary alicyclic amines) is 1. The first-order chi connectivity index (χ1) is 11.2. The summed E-state index contributed by atoms with van der Waals surface area (Å²) in [6.07, 6.45) is 1.72. The molecule has 2 aromatic carbocycles. The highest BCUT2D eigenvalue weighted by molar-refractivity contribution is 5.94. The molecule has 0 atom stereocenters. The molecule has 0 N–H and O–H groups in total. The van der Waals surface area contributed by atoms with Crippen LogP contribution in [-0.4, -0.2) is 30.0 Å². The summed E-state index contributed by atoms with van der Waals surface area (Å²) in [5, 5.41) is 0. The summed E-state index contributed by atoms with van der Waals surface area (Å²) in [6.45, 7) is 1.80. The van der Waals surface area contributed by atoms with E-state index in [4.69, 9.17) is 4.74 Å². The summed E-state index contributed by atoms with van der Waals surface area (Å²) in [4.78, 5) is 14.1. The normalized spacial score (nSPS) is 15.6. The number of halogens is 1. The highest BCUT2D eigenvalue weighted by atomic mass is 19.1. The van der Waals surface area contributed by atoms with Crippen molar-refractivity contribution in [3.63, 3.8) is 0 Å². The molecule has 1 amide bonds. The SMILES string of the molecule is O=C(c1ccccc1F)N1CCC(OCc2ccccc2)CC1. The van der Waals surface area contributed by atoms with Gasteiger partial charge in [-0.25, -0.2) is 4.39 Å². The Kier molecular flexibility index (Phi) is 5.03. The van der Waals surface area contributed by atoms with Crippen molar-refractivity contribution < 1.29 is 13.9 Å². The van der Waals surface area contributed by atoms with E-state index < -0.39 is 5.82 Å². The minimum Gasteiger partial charge on any atom is -0.373 e. The standard InChI is InChI=1S/C19H20FNO2/c20-18-9-5-4-8-17(18)19(22)21-12-10-16(11-13-21)23-14-15-6-2-1-3-7-15/h1-9,16H,10-14H2. The Morgan fingerprint density at radius 3 is 2.39 bits per heavy atom. The second kappa shape index (κ2) is 7.38. The number of amides is 1. The van der Waals surface area contributed by atoms with Gasteiger partial charge < -0.3 is 9.64 Å². The molecule has 0 bridgehead atoms. The van der Waals surface area contributed by atoms with Gasteiger partial charge in [-0.2, -0.15) is 0 Å². The second-order valence-electron chi connectivity index (χ2n) is 5.77. The number of rotatable bonds is 4. The van der Waals surface area contributed by atoms with Crippen LogP contribution in [0, 0.1) is 5.82 Å². The third kappa shape index (κ3) is 3.96. The molecule has 0 spiro atoms. The number of carbonyl (C=O) groups is 1. The van der Waals surface area contributed by atoms with Crippen LogP contribution in [-0.2, 0) is 11.3 Å². The van der Waals surface area contributed by atoms with Crippen molar-refractivity contribution in [1.29, 1.82) is 0 Å². The van der Waals surface area contributed by atoms with Gasteiger partial charge in [0, 0.05) is 13.1 Å². The Bertz CT molecular complexity index is 651. The first kappa shape index (κ1) is 15.7. The molecule has 1 aliphatic rings. The van der Waals surface area contributed by atoms with Crippen LogP contribution in [0.5, 0.6) is 0 Å². The van der Waals surface area contributed by atoms with Crippen molar-refractivity contribution >= 4 is 5.91 Å². The maximum atomic E-state index is 13.7. The van der Waals surface area contributed by atoms with Gasteiger partial charge >= 0.3 is 0 Å². The monoisotopic (exact) mass is 313 g/mol. The lowest BCUT2D eigenvalue weighted by Gasteiger charge is -2.32. The molecule has 1 saturated heterocycles. The Morgan fingerprint density at radius 1 is 1.04 bits per heavy atom. The van der Waals surface area contributed by atoms with Gasteiger partial charge in [0.05, 0.1) is 18.3 Å². The molecule has 0 radical (unpaired) electrons. The van der Waals surface area contributed by atoms with E-state index in [1.807, 2.05) is 30.3 Å². The summed E-state index contributed by atoms with van der Waals surface area (Å²) in [5.74, 6) is -0.690. The van der Waals surface area contributed by atoms with Crippen LogP contribution in [0.2, 0.25) is 0 Å². The van der Waals surface area contributed by atoms with E-state index >= 15 is 0 Å². The third-order valence-corrected chi connectivity index (χ3v) is 4.16. The molecule has 0 aromatic heterocycles. The number of hydrogen-bond acceptors (Lipinski definition) is 2. The molecule has 3 rings (SSSR count). The van der Waals surface area contributed by atoms with Crippen molar-refractivity contribution in [3.05, 3.63) is 71.5 Å². The second-order valence-corrected chi connectivity index (χ2v) is 5.77. The maximum Gasteiger partial charge on any atom is 0.256 e. The zero-order valence-corrected chi connectivity index (χ0v) is 13.0. The average Bonchev–Trinajstić information content (AvgIpc) is 2.61. The van der Waals surface area contributed by atoms with E-state index in [1.165, 1.54) is 12.1 Å². The van der Waals surface area contributed by atoms with Gasteiger partial charge in [-0.3, -0.25) is 4.79 Å². The predicted molar refractivity (Wildman–Crippen MR) is 86.6 cm³/mol. The van der Waals surface area contributed by atoms with E-state index in [9.17, 15) is 9.18 Å². The van der Waals surface area contributed by atoms with Crippen LogP contribution in [0.15, 0.2) is 54.6 Å². The van der Waals surface area contributed by atoms with Crippen molar-refractivity contribution in [1.82, 2.24) is 4.90 Å². The van der Waals surface area contributed by atoms with Gasteiger partial charge in [0.15, 0.2) is 0 Å². The fraction of sp³-hybridized carbons (Fsp3) is 0.316. The Hall–Kier alpha value is -2.20. The van der Waals surface area contributed by atoms with Crippen LogP contribution in [0.1, 0.15) is 28.8 Å². The Balaban J connectivity index is 1.50. The zero-order chi connectivity index (χ0) is 16.1. The van der Waals surface area contributed by atoms with Crippen LogP contribution in [0.4, 0.5) is 4.39 Å². The molecule has 0 saturated carbocycles. The van der Waals surface area contributed by atoms with E-state index in [2.05, 4.69) is 0 Å². The van der Waals surface area contributed by atoms with Gasteiger partial charge in [-0.05, 0) is 30.5 Å². The van der Waals surface area contributed by atoms with Gasteiger partial charge in [-0.1, -0.05) is 42.5 Å². The quantitative estimate of drug-likeness (QED) is 0.862. The number of piperidine rings is 1. The molecule has 120 valence electrons.